The van der Waals surface area contributed by atoms with Crippen molar-refractivity contribution in [2.75, 3.05) is 20.3 Å². The number of alkyl halides is 3. The molecular formula is C16H24F3NO. The Hall–Kier alpha value is -1.07. The lowest BCUT2D eigenvalue weighted by Crippen LogP contribution is -2.33. The van der Waals surface area contributed by atoms with Crippen molar-refractivity contribution >= 4 is 0 Å². The molecule has 0 aliphatic heterocycles. The minimum atomic E-state index is -4.32. The van der Waals surface area contributed by atoms with Crippen LogP contribution in [0.4, 0.5) is 13.2 Å². The summed E-state index contributed by atoms with van der Waals surface area (Å²) < 4.78 is 44.1. The van der Waals surface area contributed by atoms with Gasteiger partial charge in [-0.2, -0.15) is 13.2 Å². The van der Waals surface area contributed by atoms with Crippen LogP contribution in [0.5, 0.6) is 0 Å². The number of hydrogen-bond donors (Lipinski definition) is 1. The summed E-state index contributed by atoms with van der Waals surface area (Å²) in [6.07, 6.45) is -3.47. The highest BCUT2D eigenvalue weighted by molar-refractivity contribution is 5.32. The van der Waals surface area contributed by atoms with Gasteiger partial charge in [0.1, 0.15) is 0 Å². The number of hydrogen-bond acceptors (Lipinski definition) is 2. The predicted molar refractivity (Wildman–Crippen MR) is 78.1 cm³/mol. The summed E-state index contributed by atoms with van der Waals surface area (Å²) >= 11 is 0. The molecule has 1 rings (SSSR count). The van der Waals surface area contributed by atoms with Crippen LogP contribution in [0.3, 0.4) is 0 Å². The van der Waals surface area contributed by atoms with Crippen molar-refractivity contribution < 1.29 is 17.9 Å². The third kappa shape index (κ3) is 5.67. The van der Waals surface area contributed by atoms with Gasteiger partial charge in [0.05, 0.1) is 5.56 Å². The number of nitrogens with one attached hydrogen (secondary N) is 1. The predicted octanol–water partition coefficient (Wildman–Crippen LogP) is 4.42. The van der Waals surface area contributed by atoms with Gasteiger partial charge in [-0.3, -0.25) is 0 Å². The molecule has 0 saturated carbocycles. The molecule has 0 radical (unpaired) electrons. The van der Waals surface area contributed by atoms with Crippen LogP contribution in [0.25, 0.3) is 0 Å². The van der Waals surface area contributed by atoms with Crippen LogP contribution in [-0.2, 0) is 10.9 Å². The second-order valence-electron chi connectivity index (χ2n) is 6.09. The molecule has 0 aliphatic rings. The fourth-order valence-corrected chi connectivity index (χ4v) is 2.14. The SMILES string of the molecule is COCCC(C)(C)CNC(C)c1ccccc1C(F)(F)F. The van der Waals surface area contributed by atoms with E-state index in [0.717, 1.165) is 12.5 Å². The molecule has 0 aromatic heterocycles. The van der Waals surface area contributed by atoms with E-state index in [-0.39, 0.29) is 17.0 Å². The quantitative estimate of drug-likeness (QED) is 0.805. The maximum atomic E-state index is 13.0. The molecule has 21 heavy (non-hydrogen) atoms. The van der Waals surface area contributed by atoms with Gasteiger partial charge in [0.2, 0.25) is 0 Å². The Morgan fingerprint density at radius 1 is 1.19 bits per heavy atom. The fourth-order valence-electron chi connectivity index (χ4n) is 2.14. The molecule has 0 heterocycles. The van der Waals surface area contributed by atoms with Crippen molar-refractivity contribution in [3.8, 4) is 0 Å². The molecule has 1 atom stereocenters. The standard InChI is InChI=1S/C16H24F3NO/c1-12(20-11-15(2,3)9-10-21-4)13-7-5-6-8-14(13)16(17,18)19/h5-8,12,20H,9-11H2,1-4H3. The van der Waals surface area contributed by atoms with E-state index in [4.69, 9.17) is 4.74 Å². The molecule has 0 amide bonds. The molecule has 1 unspecified atom stereocenters. The summed E-state index contributed by atoms with van der Waals surface area (Å²) in [4.78, 5) is 0. The van der Waals surface area contributed by atoms with E-state index in [1.54, 1.807) is 20.1 Å². The second kappa shape index (κ2) is 7.27. The third-order valence-electron chi connectivity index (χ3n) is 3.60. The van der Waals surface area contributed by atoms with Crippen molar-refractivity contribution in [2.45, 2.75) is 39.4 Å². The largest absolute Gasteiger partial charge is 0.416 e. The minimum absolute atomic E-state index is 0.0303. The lowest BCUT2D eigenvalue weighted by atomic mass is 9.89. The van der Waals surface area contributed by atoms with E-state index >= 15 is 0 Å². The average molecular weight is 303 g/mol. The van der Waals surface area contributed by atoms with Gasteiger partial charge >= 0.3 is 6.18 Å². The maximum absolute atomic E-state index is 13.0. The molecule has 0 aliphatic carbocycles. The number of halogens is 3. The van der Waals surface area contributed by atoms with Gasteiger partial charge < -0.3 is 10.1 Å². The Morgan fingerprint density at radius 3 is 2.38 bits per heavy atom. The third-order valence-corrected chi connectivity index (χ3v) is 3.60. The normalized spacial score (nSPS) is 14.2. The Bertz CT molecular complexity index is 443. The summed E-state index contributed by atoms with van der Waals surface area (Å²) in [5.41, 5.74) is -0.315. The first-order chi connectivity index (χ1) is 9.67. The van der Waals surface area contributed by atoms with E-state index in [9.17, 15) is 13.2 Å². The van der Waals surface area contributed by atoms with Gasteiger partial charge in [-0.1, -0.05) is 32.0 Å². The molecule has 1 N–H and O–H groups in total. The number of methoxy groups -OCH3 is 1. The maximum Gasteiger partial charge on any atom is 0.416 e. The van der Waals surface area contributed by atoms with Gasteiger partial charge in [0.15, 0.2) is 0 Å². The molecule has 120 valence electrons. The first-order valence-corrected chi connectivity index (χ1v) is 7.06. The van der Waals surface area contributed by atoms with Gasteiger partial charge in [0.25, 0.3) is 0 Å². The zero-order valence-corrected chi connectivity index (χ0v) is 13.1. The van der Waals surface area contributed by atoms with Crippen molar-refractivity contribution in [3.05, 3.63) is 35.4 Å². The summed E-state index contributed by atoms with van der Waals surface area (Å²) in [5, 5.41) is 3.21. The molecule has 5 heteroatoms. The van der Waals surface area contributed by atoms with Gasteiger partial charge in [-0.25, -0.2) is 0 Å². The van der Waals surface area contributed by atoms with Crippen molar-refractivity contribution in [1.82, 2.24) is 5.32 Å². The topological polar surface area (TPSA) is 21.3 Å². The van der Waals surface area contributed by atoms with Crippen LogP contribution in [0.2, 0.25) is 0 Å². The summed E-state index contributed by atoms with van der Waals surface area (Å²) in [6, 6.07) is 5.36. The summed E-state index contributed by atoms with van der Waals surface area (Å²) in [5.74, 6) is 0. The summed E-state index contributed by atoms with van der Waals surface area (Å²) in [6.45, 7) is 7.17. The number of ether oxygens (including phenoxy) is 1. The molecule has 0 saturated heterocycles. The Kier molecular flexibility index (Phi) is 6.23. The van der Waals surface area contributed by atoms with E-state index in [0.29, 0.717) is 13.2 Å². The fraction of sp³-hybridized carbons (Fsp3) is 0.625. The van der Waals surface area contributed by atoms with Gasteiger partial charge in [-0.15, -0.1) is 0 Å². The van der Waals surface area contributed by atoms with Crippen LogP contribution >= 0.6 is 0 Å². The Morgan fingerprint density at radius 2 is 1.81 bits per heavy atom. The first-order valence-electron chi connectivity index (χ1n) is 7.06. The number of benzene rings is 1. The van der Waals surface area contributed by atoms with Crippen LogP contribution < -0.4 is 5.32 Å². The molecule has 0 bridgehead atoms. The minimum Gasteiger partial charge on any atom is -0.385 e. The summed E-state index contributed by atoms with van der Waals surface area (Å²) in [7, 11) is 1.64. The molecular weight excluding hydrogens is 279 g/mol. The van der Waals surface area contributed by atoms with E-state index in [2.05, 4.69) is 19.2 Å². The molecule has 1 aromatic rings. The van der Waals surface area contributed by atoms with Crippen LogP contribution in [0.15, 0.2) is 24.3 Å². The monoisotopic (exact) mass is 303 g/mol. The van der Waals surface area contributed by atoms with Crippen molar-refractivity contribution in [2.24, 2.45) is 5.41 Å². The smallest absolute Gasteiger partial charge is 0.385 e. The first kappa shape index (κ1) is 18.0. The van der Waals surface area contributed by atoms with Crippen molar-refractivity contribution in [1.29, 1.82) is 0 Å². The highest BCUT2D eigenvalue weighted by Crippen LogP contribution is 2.34. The number of rotatable bonds is 7. The zero-order chi connectivity index (χ0) is 16.1. The Balaban J connectivity index is 2.75. The highest BCUT2D eigenvalue weighted by atomic mass is 19.4. The van der Waals surface area contributed by atoms with Crippen LogP contribution in [-0.4, -0.2) is 20.3 Å². The van der Waals surface area contributed by atoms with E-state index in [1.165, 1.54) is 12.1 Å². The zero-order valence-electron chi connectivity index (χ0n) is 13.1. The lowest BCUT2D eigenvalue weighted by Gasteiger charge is -2.28. The molecule has 2 nitrogen and oxygen atoms in total. The molecule has 0 spiro atoms. The Labute approximate surface area is 124 Å². The van der Waals surface area contributed by atoms with Crippen molar-refractivity contribution in [3.63, 3.8) is 0 Å². The van der Waals surface area contributed by atoms with E-state index < -0.39 is 11.7 Å². The van der Waals surface area contributed by atoms with Crippen LogP contribution in [0.1, 0.15) is 44.4 Å². The average Bonchev–Trinajstić information content (AvgIpc) is 2.42. The molecule has 1 aromatic carbocycles. The lowest BCUT2D eigenvalue weighted by molar-refractivity contribution is -0.138. The van der Waals surface area contributed by atoms with Crippen LogP contribution in [0, 0.1) is 5.41 Å². The molecule has 0 fully saturated rings. The van der Waals surface area contributed by atoms with Gasteiger partial charge in [-0.05, 0) is 30.4 Å². The van der Waals surface area contributed by atoms with Gasteiger partial charge in [0, 0.05) is 26.3 Å². The van der Waals surface area contributed by atoms with E-state index in [1.807, 2.05) is 0 Å². The second-order valence-corrected chi connectivity index (χ2v) is 6.09. The highest BCUT2D eigenvalue weighted by Gasteiger charge is 2.34.